The summed E-state index contributed by atoms with van der Waals surface area (Å²) >= 11 is 0. The minimum Gasteiger partial charge on any atom is -0.457 e. The van der Waals surface area contributed by atoms with Crippen LogP contribution >= 0.6 is 0 Å². The number of hydrogen-bond donors (Lipinski definition) is 1. The Morgan fingerprint density at radius 1 is 0.625 bits per heavy atom. The Bertz CT molecular complexity index is 1520. The van der Waals surface area contributed by atoms with Gasteiger partial charge in [-0.15, -0.1) is 0 Å². The maximum absolute atomic E-state index is 6.04. The van der Waals surface area contributed by atoms with Crippen LogP contribution in [-0.4, -0.2) is 19.5 Å². The third-order valence-corrected chi connectivity index (χ3v) is 5.24. The van der Waals surface area contributed by atoms with Gasteiger partial charge in [0, 0.05) is 17.8 Å². The predicted molar refractivity (Wildman–Crippen MR) is 124 cm³/mol. The maximum Gasteiger partial charge on any atom is 0.129 e. The number of benzene rings is 4. The van der Waals surface area contributed by atoms with Crippen molar-refractivity contribution in [1.29, 1.82) is 0 Å². The highest BCUT2D eigenvalue weighted by molar-refractivity contribution is 5.79. The molecular formula is C26H18N4O2. The van der Waals surface area contributed by atoms with Gasteiger partial charge in [-0.2, -0.15) is 0 Å². The number of aromatic nitrogens is 4. The summed E-state index contributed by atoms with van der Waals surface area (Å²) in [6.45, 7) is 0. The van der Waals surface area contributed by atoms with Crippen molar-refractivity contribution in [3.63, 3.8) is 0 Å². The van der Waals surface area contributed by atoms with Crippen LogP contribution in [0.5, 0.6) is 23.0 Å². The Labute approximate surface area is 183 Å². The first kappa shape index (κ1) is 18.2. The van der Waals surface area contributed by atoms with E-state index in [0.717, 1.165) is 50.8 Å². The Morgan fingerprint density at radius 2 is 1.34 bits per heavy atom. The molecular weight excluding hydrogens is 400 g/mol. The van der Waals surface area contributed by atoms with Gasteiger partial charge in [0.15, 0.2) is 0 Å². The summed E-state index contributed by atoms with van der Waals surface area (Å²) in [6.07, 6.45) is 3.49. The zero-order valence-corrected chi connectivity index (χ0v) is 17.0. The molecule has 0 fully saturated rings. The average molecular weight is 418 g/mol. The molecule has 0 atom stereocenters. The number of fused-ring (bicyclic) bond motifs is 2. The SMILES string of the molecule is c1ccc(Oc2ccc(-n3cnc4cc(Oc5ccc6nc[nH]c6c5)ccc43)cc2)cc1. The third kappa shape index (κ3) is 3.44. The lowest BCUT2D eigenvalue weighted by Crippen LogP contribution is -1.92. The quantitative estimate of drug-likeness (QED) is 0.348. The summed E-state index contributed by atoms with van der Waals surface area (Å²) in [5.41, 5.74) is 4.71. The summed E-state index contributed by atoms with van der Waals surface area (Å²) < 4.78 is 14.0. The topological polar surface area (TPSA) is 65.0 Å². The number of nitrogens with one attached hydrogen (secondary N) is 1. The molecule has 154 valence electrons. The first-order chi connectivity index (χ1) is 15.8. The van der Waals surface area contributed by atoms with E-state index in [-0.39, 0.29) is 0 Å². The van der Waals surface area contributed by atoms with Crippen LogP contribution in [0.4, 0.5) is 0 Å². The molecule has 2 aromatic heterocycles. The molecule has 1 N–H and O–H groups in total. The molecule has 0 saturated carbocycles. The molecule has 0 aliphatic heterocycles. The highest BCUT2D eigenvalue weighted by Gasteiger charge is 2.08. The van der Waals surface area contributed by atoms with Crippen LogP contribution in [0.2, 0.25) is 0 Å². The number of rotatable bonds is 5. The van der Waals surface area contributed by atoms with Crippen LogP contribution in [0.25, 0.3) is 27.8 Å². The molecule has 0 unspecified atom stereocenters. The minimum atomic E-state index is 0.730. The lowest BCUT2D eigenvalue weighted by Gasteiger charge is -2.09. The number of aromatic amines is 1. The first-order valence-electron chi connectivity index (χ1n) is 10.2. The van der Waals surface area contributed by atoms with E-state index >= 15 is 0 Å². The van der Waals surface area contributed by atoms with Crippen LogP contribution in [0.3, 0.4) is 0 Å². The molecule has 32 heavy (non-hydrogen) atoms. The normalized spacial score (nSPS) is 11.1. The lowest BCUT2D eigenvalue weighted by molar-refractivity contribution is 0.482. The van der Waals surface area contributed by atoms with Crippen LogP contribution in [0.1, 0.15) is 0 Å². The van der Waals surface area contributed by atoms with Crippen LogP contribution in [0.15, 0.2) is 104 Å². The van der Waals surface area contributed by atoms with Crippen molar-refractivity contribution in [2.24, 2.45) is 0 Å². The third-order valence-electron chi connectivity index (χ3n) is 5.24. The smallest absolute Gasteiger partial charge is 0.129 e. The zero-order chi connectivity index (χ0) is 21.3. The second-order valence-corrected chi connectivity index (χ2v) is 7.36. The van der Waals surface area contributed by atoms with Crippen LogP contribution in [0, 0.1) is 0 Å². The van der Waals surface area contributed by atoms with Crippen LogP contribution in [-0.2, 0) is 0 Å². The molecule has 6 aromatic rings. The van der Waals surface area contributed by atoms with E-state index in [2.05, 4.69) is 15.0 Å². The van der Waals surface area contributed by atoms with Crippen molar-refractivity contribution in [2.75, 3.05) is 0 Å². The standard InChI is InChI=1S/C26H18N4O2/c1-2-4-19(5-3-1)31-20-8-6-18(7-9-20)30-17-29-25-15-22(11-13-26(25)30)32-21-10-12-23-24(14-21)28-16-27-23/h1-17H,(H,27,28). The summed E-state index contributed by atoms with van der Waals surface area (Å²) in [7, 11) is 0. The highest BCUT2D eigenvalue weighted by atomic mass is 16.5. The van der Waals surface area contributed by atoms with Crippen molar-refractivity contribution in [3.8, 4) is 28.7 Å². The van der Waals surface area contributed by atoms with E-state index in [1.807, 2.05) is 102 Å². The number of ether oxygens (including phenoxy) is 2. The van der Waals surface area contributed by atoms with Gasteiger partial charge in [-0.05, 0) is 60.7 Å². The van der Waals surface area contributed by atoms with E-state index < -0.39 is 0 Å². The Hall–Kier alpha value is -4.58. The van der Waals surface area contributed by atoms with E-state index in [1.54, 1.807) is 6.33 Å². The maximum atomic E-state index is 6.04. The fourth-order valence-corrected chi connectivity index (χ4v) is 3.68. The Morgan fingerprint density at radius 3 is 2.22 bits per heavy atom. The summed E-state index contributed by atoms with van der Waals surface area (Å²) in [6, 6.07) is 29.4. The van der Waals surface area contributed by atoms with Gasteiger partial charge in [0.05, 0.1) is 28.4 Å². The fourth-order valence-electron chi connectivity index (χ4n) is 3.68. The number of H-pyrrole nitrogens is 1. The van der Waals surface area contributed by atoms with E-state index in [9.17, 15) is 0 Å². The molecule has 0 amide bonds. The predicted octanol–water partition coefficient (Wildman–Crippen LogP) is 6.49. The van der Waals surface area contributed by atoms with Gasteiger partial charge in [-0.3, -0.25) is 4.57 Å². The monoisotopic (exact) mass is 418 g/mol. The minimum absolute atomic E-state index is 0.730. The van der Waals surface area contributed by atoms with Gasteiger partial charge in [0.2, 0.25) is 0 Å². The van der Waals surface area contributed by atoms with Gasteiger partial charge >= 0.3 is 0 Å². The Balaban J connectivity index is 1.24. The molecule has 2 heterocycles. The Kier molecular flexibility index (Phi) is 4.32. The van der Waals surface area contributed by atoms with Gasteiger partial charge < -0.3 is 14.5 Å². The van der Waals surface area contributed by atoms with Gasteiger partial charge in [-0.1, -0.05) is 18.2 Å². The molecule has 0 spiro atoms. The first-order valence-corrected chi connectivity index (χ1v) is 10.2. The molecule has 0 saturated heterocycles. The molecule has 0 radical (unpaired) electrons. The summed E-state index contributed by atoms with van der Waals surface area (Å²) in [4.78, 5) is 11.9. The summed E-state index contributed by atoms with van der Waals surface area (Å²) in [5, 5.41) is 0. The van der Waals surface area contributed by atoms with E-state index in [0.29, 0.717) is 0 Å². The number of para-hydroxylation sites is 1. The average Bonchev–Trinajstić information content (AvgIpc) is 3.47. The number of imidazole rings is 2. The van der Waals surface area contributed by atoms with Gasteiger partial charge in [-0.25, -0.2) is 9.97 Å². The molecule has 6 rings (SSSR count). The second kappa shape index (κ2) is 7.59. The fraction of sp³-hybridized carbons (Fsp3) is 0. The second-order valence-electron chi connectivity index (χ2n) is 7.36. The van der Waals surface area contributed by atoms with E-state index in [1.165, 1.54) is 0 Å². The molecule has 0 aliphatic carbocycles. The molecule has 0 aliphatic rings. The molecule has 4 aromatic carbocycles. The van der Waals surface area contributed by atoms with E-state index in [4.69, 9.17) is 9.47 Å². The van der Waals surface area contributed by atoms with Gasteiger partial charge in [0.25, 0.3) is 0 Å². The van der Waals surface area contributed by atoms with Crippen molar-refractivity contribution < 1.29 is 9.47 Å². The van der Waals surface area contributed by atoms with Crippen molar-refractivity contribution in [2.45, 2.75) is 0 Å². The lowest BCUT2D eigenvalue weighted by atomic mass is 10.2. The number of hydrogen-bond acceptors (Lipinski definition) is 4. The number of nitrogens with zero attached hydrogens (tertiary/aromatic N) is 3. The van der Waals surface area contributed by atoms with Gasteiger partial charge in [0.1, 0.15) is 29.3 Å². The molecule has 6 nitrogen and oxygen atoms in total. The van der Waals surface area contributed by atoms with Crippen LogP contribution < -0.4 is 9.47 Å². The molecule has 6 heteroatoms. The van der Waals surface area contributed by atoms with Crippen molar-refractivity contribution in [3.05, 3.63) is 104 Å². The van der Waals surface area contributed by atoms with Crippen molar-refractivity contribution >= 4 is 22.1 Å². The largest absolute Gasteiger partial charge is 0.457 e. The summed E-state index contributed by atoms with van der Waals surface area (Å²) in [5.74, 6) is 3.07. The van der Waals surface area contributed by atoms with Crippen molar-refractivity contribution in [1.82, 2.24) is 19.5 Å². The highest BCUT2D eigenvalue weighted by Crippen LogP contribution is 2.29. The zero-order valence-electron chi connectivity index (χ0n) is 17.0. The molecule has 0 bridgehead atoms.